The molecule has 0 amide bonds. The highest BCUT2D eigenvalue weighted by Crippen LogP contribution is 2.30. The molecule has 0 radical (unpaired) electrons. The smallest absolute Gasteiger partial charge is 0.318 e. The minimum absolute atomic E-state index is 0.0772. The first-order valence-corrected chi connectivity index (χ1v) is 10.4. The summed E-state index contributed by atoms with van der Waals surface area (Å²) in [5.41, 5.74) is 12.4. The molecule has 10 heteroatoms. The minimum Gasteiger partial charge on any atom is -0.480 e. The summed E-state index contributed by atoms with van der Waals surface area (Å²) >= 11 is 0. The van der Waals surface area contributed by atoms with Gasteiger partial charge in [-0.1, -0.05) is 36.4 Å². The van der Waals surface area contributed by atoms with Crippen LogP contribution in [0.3, 0.4) is 0 Å². The van der Waals surface area contributed by atoms with Crippen LogP contribution in [0, 0.1) is 6.92 Å². The first-order valence-electron chi connectivity index (χ1n) is 8.93. The normalized spacial score (nSPS) is 11.5. The zero-order valence-corrected chi connectivity index (χ0v) is 17.0. The molecule has 5 N–H and O–H groups in total. The van der Waals surface area contributed by atoms with Gasteiger partial charge in [-0.05, 0) is 35.6 Å². The van der Waals surface area contributed by atoms with E-state index in [4.69, 9.17) is 11.5 Å². The standard InChI is InChI=1S/C20H21N5O4S/c1-13-10-23-19(24-20(21)22)17-9-15(7-8-16(13)17)30(28,29)25(12-18(26)27)11-14-5-3-2-4-6-14/h2-10H,11-12H2,1H3,(H,26,27)(H4,21,22,23,24). The average Bonchev–Trinajstić information content (AvgIpc) is 2.69. The number of fused-ring (bicyclic) bond motifs is 1. The van der Waals surface area contributed by atoms with Crippen LogP contribution in [0.25, 0.3) is 10.8 Å². The fourth-order valence-corrected chi connectivity index (χ4v) is 4.44. The SMILES string of the molecule is Cc1cnc(N=C(N)N)c2cc(S(=O)(=O)N(CC(=O)O)Cc3ccccc3)ccc12. The first kappa shape index (κ1) is 21.2. The molecule has 0 bridgehead atoms. The van der Waals surface area contributed by atoms with Crippen LogP contribution < -0.4 is 11.5 Å². The number of aryl methyl sites for hydroxylation is 1. The molecule has 9 nitrogen and oxygen atoms in total. The Morgan fingerprint density at radius 3 is 2.47 bits per heavy atom. The van der Waals surface area contributed by atoms with Crippen LogP contribution >= 0.6 is 0 Å². The van der Waals surface area contributed by atoms with E-state index in [-0.39, 0.29) is 23.2 Å². The van der Waals surface area contributed by atoms with Crippen LogP contribution in [0.2, 0.25) is 0 Å². The van der Waals surface area contributed by atoms with Gasteiger partial charge in [0, 0.05) is 18.1 Å². The van der Waals surface area contributed by atoms with Crippen molar-refractivity contribution in [2.24, 2.45) is 16.5 Å². The summed E-state index contributed by atoms with van der Waals surface area (Å²) in [4.78, 5) is 19.4. The van der Waals surface area contributed by atoms with Gasteiger partial charge in [0.05, 0.1) is 4.90 Å². The van der Waals surface area contributed by atoms with Crippen molar-refractivity contribution in [3.63, 3.8) is 0 Å². The number of guanidine groups is 1. The van der Waals surface area contributed by atoms with E-state index in [9.17, 15) is 18.3 Å². The molecule has 3 aromatic rings. The lowest BCUT2D eigenvalue weighted by atomic mass is 10.1. The second kappa shape index (κ2) is 8.47. The molecule has 0 spiro atoms. The number of aliphatic carboxylic acids is 1. The van der Waals surface area contributed by atoms with Gasteiger partial charge < -0.3 is 16.6 Å². The van der Waals surface area contributed by atoms with Crippen LogP contribution in [0.4, 0.5) is 5.82 Å². The van der Waals surface area contributed by atoms with E-state index >= 15 is 0 Å². The monoisotopic (exact) mass is 427 g/mol. The molecule has 0 saturated carbocycles. The first-order chi connectivity index (χ1) is 14.2. The van der Waals surface area contributed by atoms with Gasteiger partial charge in [-0.25, -0.2) is 13.4 Å². The molecule has 156 valence electrons. The van der Waals surface area contributed by atoms with Gasteiger partial charge in [0.1, 0.15) is 6.54 Å². The molecule has 30 heavy (non-hydrogen) atoms. The zero-order valence-electron chi connectivity index (χ0n) is 16.2. The molecule has 0 saturated heterocycles. The van der Waals surface area contributed by atoms with Crippen molar-refractivity contribution in [2.45, 2.75) is 18.4 Å². The number of rotatable bonds is 7. The fraction of sp³-hybridized carbons (Fsp3) is 0.150. The predicted molar refractivity (Wildman–Crippen MR) is 114 cm³/mol. The Hall–Kier alpha value is -3.50. The Labute approximate surface area is 173 Å². The Morgan fingerprint density at radius 1 is 1.13 bits per heavy atom. The number of nitrogens with two attached hydrogens (primary N) is 2. The van der Waals surface area contributed by atoms with E-state index in [0.29, 0.717) is 10.9 Å². The van der Waals surface area contributed by atoms with Crippen molar-refractivity contribution < 1.29 is 18.3 Å². The van der Waals surface area contributed by atoms with E-state index in [1.165, 1.54) is 12.1 Å². The van der Waals surface area contributed by atoms with Crippen LogP contribution in [-0.4, -0.2) is 41.3 Å². The van der Waals surface area contributed by atoms with Gasteiger partial charge >= 0.3 is 5.97 Å². The topological polar surface area (TPSA) is 152 Å². The quantitative estimate of drug-likeness (QED) is 0.383. The number of hydrogen-bond donors (Lipinski definition) is 3. The van der Waals surface area contributed by atoms with Crippen LogP contribution in [-0.2, 0) is 21.4 Å². The lowest BCUT2D eigenvalue weighted by Crippen LogP contribution is -2.35. The van der Waals surface area contributed by atoms with Gasteiger partial charge in [0.15, 0.2) is 11.8 Å². The number of aromatic nitrogens is 1. The van der Waals surface area contributed by atoms with E-state index in [0.717, 1.165) is 15.3 Å². The molecule has 0 aliphatic carbocycles. The highest BCUT2D eigenvalue weighted by molar-refractivity contribution is 7.89. The Morgan fingerprint density at radius 2 is 1.83 bits per heavy atom. The number of pyridine rings is 1. The number of sulfonamides is 1. The Balaban J connectivity index is 2.12. The summed E-state index contributed by atoms with van der Waals surface area (Å²) in [6.07, 6.45) is 1.59. The van der Waals surface area contributed by atoms with Crippen molar-refractivity contribution in [1.29, 1.82) is 0 Å². The van der Waals surface area contributed by atoms with Crippen LogP contribution in [0.1, 0.15) is 11.1 Å². The molecular weight excluding hydrogens is 406 g/mol. The highest BCUT2D eigenvalue weighted by Gasteiger charge is 2.27. The van der Waals surface area contributed by atoms with E-state index in [1.54, 1.807) is 42.6 Å². The van der Waals surface area contributed by atoms with Gasteiger partial charge in [-0.2, -0.15) is 9.30 Å². The van der Waals surface area contributed by atoms with Crippen molar-refractivity contribution in [2.75, 3.05) is 6.54 Å². The predicted octanol–water partition coefficient (Wildman–Crippen LogP) is 1.72. The van der Waals surface area contributed by atoms with Crippen molar-refractivity contribution in [3.8, 4) is 0 Å². The maximum Gasteiger partial charge on any atom is 0.318 e. The molecule has 2 aromatic carbocycles. The number of carboxylic acid groups (broad SMARTS) is 1. The second-order valence-corrected chi connectivity index (χ2v) is 8.60. The second-order valence-electron chi connectivity index (χ2n) is 6.66. The number of nitrogens with zero attached hydrogens (tertiary/aromatic N) is 3. The maximum absolute atomic E-state index is 13.3. The number of carbonyl (C=O) groups is 1. The molecule has 0 aliphatic heterocycles. The molecule has 1 aromatic heterocycles. The van der Waals surface area contributed by atoms with Gasteiger partial charge in [-0.15, -0.1) is 0 Å². The van der Waals surface area contributed by atoms with Gasteiger partial charge in [0.2, 0.25) is 10.0 Å². The third-order valence-electron chi connectivity index (χ3n) is 4.42. The Kier molecular flexibility index (Phi) is 5.99. The number of hydrogen-bond acceptors (Lipinski definition) is 5. The lowest BCUT2D eigenvalue weighted by Gasteiger charge is -2.21. The lowest BCUT2D eigenvalue weighted by molar-refractivity contribution is -0.137. The fourth-order valence-electron chi connectivity index (χ4n) is 3.03. The number of carboxylic acids is 1. The average molecular weight is 427 g/mol. The van der Waals surface area contributed by atoms with Gasteiger partial charge in [0.25, 0.3) is 0 Å². The van der Waals surface area contributed by atoms with Gasteiger partial charge in [-0.3, -0.25) is 4.79 Å². The summed E-state index contributed by atoms with van der Waals surface area (Å²) in [5.74, 6) is -1.29. The highest BCUT2D eigenvalue weighted by atomic mass is 32.2. The minimum atomic E-state index is -4.13. The molecule has 0 aliphatic rings. The van der Waals surface area contributed by atoms with E-state index in [1.807, 2.05) is 6.92 Å². The third kappa shape index (κ3) is 4.56. The van der Waals surface area contributed by atoms with E-state index in [2.05, 4.69) is 9.98 Å². The summed E-state index contributed by atoms with van der Waals surface area (Å²) in [5, 5.41) is 10.4. The zero-order chi connectivity index (χ0) is 21.9. The number of benzene rings is 2. The van der Waals surface area contributed by atoms with Crippen molar-refractivity contribution in [1.82, 2.24) is 9.29 Å². The maximum atomic E-state index is 13.3. The van der Waals surface area contributed by atoms with E-state index < -0.39 is 22.5 Å². The summed E-state index contributed by atoms with van der Waals surface area (Å²) in [6, 6.07) is 13.2. The molecular formula is C20H21N5O4S. The van der Waals surface area contributed by atoms with Crippen molar-refractivity contribution in [3.05, 3.63) is 65.9 Å². The number of aliphatic imine (C=N–C) groups is 1. The van der Waals surface area contributed by atoms with Crippen LogP contribution in [0.5, 0.6) is 0 Å². The Bertz CT molecular complexity index is 1220. The third-order valence-corrected chi connectivity index (χ3v) is 6.21. The van der Waals surface area contributed by atoms with Crippen molar-refractivity contribution >= 4 is 38.5 Å². The molecule has 0 fully saturated rings. The summed E-state index contributed by atoms with van der Waals surface area (Å²) in [6.45, 7) is 1.07. The molecule has 0 atom stereocenters. The molecule has 3 rings (SSSR count). The molecule has 1 heterocycles. The largest absolute Gasteiger partial charge is 0.480 e. The summed E-state index contributed by atoms with van der Waals surface area (Å²) in [7, 11) is -4.13. The molecule has 0 unspecified atom stereocenters. The summed E-state index contributed by atoms with van der Waals surface area (Å²) < 4.78 is 27.5. The van der Waals surface area contributed by atoms with Crippen LogP contribution in [0.15, 0.2) is 64.6 Å².